The lowest BCUT2D eigenvalue weighted by atomic mass is 10.2. The number of aromatic nitrogens is 2. The predicted octanol–water partition coefficient (Wildman–Crippen LogP) is 2.65. The molecule has 4 rings (SSSR count). The van der Waals surface area contributed by atoms with Crippen LogP contribution in [0.25, 0.3) is 0 Å². The maximum atomic E-state index is 12.7. The van der Waals surface area contributed by atoms with Crippen LogP contribution in [0.5, 0.6) is 5.75 Å². The number of benzene rings is 1. The topological polar surface area (TPSA) is 61.5 Å². The number of nitrogens with one attached hydrogen (secondary N) is 1. The SMILES string of the molecule is CCOc1ccccc1N1CCN(C(=O)c2cc(C3CC3)[nH]n2)CC1. The summed E-state index contributed by atoms with van der Waals surface area (Å²) >= 11 is 0. The number of para-hydroxylation sites is 2. The molecule has 2 fully saturated rings. The third-order valence-electron chi connectivity index (χ3n) is 4.91. The monoisotopic (exact) mass is 340 g/mol. The van der Waals surface area contributed by atoms with E-state index in [9.17, 15) is 4.79 Å². The van der Waals surface area contributed by atoms with Crippen LogP contribution in [-0.4, -0.2) is 53.8 Å². The Bertz CT molecular complexity index is 745. The Morgan fingerprint density at radius 2 is 2.00 bits per heavy atom. The van der Waals surface area contributed by atoms with Crippen molar-refractivity contribution < 1.29 is 9.53 Å². The maximum absolute atomic E-state index is 12.7. The van der Waals surface area contributed by atoms with E-state index < -0.39 is 0 Å². The van der Waals surface area contributed by atoms with Gasteiger partial charge in [-0.2, -0.15) is 5.10 Å². The molecule has 1 aliphatic heterocycles. The molecule has 6 nitrogen and oxygen atoms in total. The molecule has 2 aliphatic rings. The molecule has 1 aromatic heterocycles. The molecule has 1 saturated heterocycles. The van der Waals surface area contributed by atoms with E-state index >= 15 is 0 Å². The molecular formula is C19H24N4O2. The van der Waals surface area contributed by atoms with Crippen LogP contribution in [0.2, 0.25) is 0 Å². The number of hydrogen-bond donors (Lipinski definition) is 1. The number of carbonyl (C=O) groups excluding carboxylic acids is 1. The fourth-order valence-electron chi connectivity index (χ4n) is 3.36. The van der Waals surface area contributed by atoms with E-state index in [1.165, 1.54) is 12.8 Å². The molecule has 1 amide bonds. The summed E-state index contributed by atoms with van der Waals surface area (Å²) in [4.78, 5) is 16.9. The molecule has 0 spiro atoms. The average Bonchev–Trinajstić information content (AvgIpc) is 3.39. The highest BCUT2D eigenvalue weighted by Gasteiger charge is 2.29. The van der Waals surface area contributed by atoms with Gasteiger partial charge in [-0.3, -0.25) is 9.89 Å². The van der Waals surface area contributed by atoms with Crippen LogP contribution in [-0.2, 0) is 0 Å². The molecule has 0 unspecified atom stereocenters. The van der Waals surface area contributed by atoms with Gasteiger partial charge in [0.2, 0.25) is 0 Å². The number of aromatic amines is 1. The molecule has 25 heavy (non-hydrogen) atoms. The largest absolute Gasteiger partial charge is 0.492 e. The number of piperazine rings is 1. The molecule has 1 aromatic carbocycles. The fraction of sp³-hybridized carbons (Fsp3) is 0.474. The van der Waals surface area contributed by atoms with E-state index in [0.29, 0.717) is 31.3 Å². The summed E-state index contributed by atoms with van der Waals surface area (Å²) in [5, 5.41) is 7.24. The van der Waals surface area contributed by atoms with Crippen LogP contribution in [0.3, 0.4) is 0 Å². The average molecular weight is 340 g/mol. The van der Waals surface area contributed by atoms with Crippen LogP contribution < -0.4 is 9.64 Å². The number of anilines is 1. The van der Waals surface area contributed by atoms with Gasteiger partial charge in [-0.05, 0) is 38.0 Å². The van der Waals surface area contributed by atoms with Gasteiger partial charge in [0, 0.05) is 37.8 Å². The van der Waals surface area contributed by atoms with Gasteiger partial charge in [-0.15, -0.1) is 0 Å². The zero-order chi connectivity index (χ0) is 17.2. The van der Waals surface area contributed by atoms with E-state index in [0.717, 1.165) is 30.2 Å². The third-order valence-corrected chi connectivity index (χ3v) is 4.91. The highest BCUT2D eigenvalue weighted by molar-refractivity contribution is 5.92. The first-order valence-electron chi connectivity index (χ1n) is 9.07. The van der Waals surface area contributed by atoms with Crippen molar-refractivity contribution in [3.8, 4) is 5.75 Å². The lowest BCUT2D eigenvalue weighted by molar-refractivity contribution is 0.0740. The first-order chi connectivity index (χ1) is 12.3. The zero-order valence-corrected chi connectivity index (χ0v) is 14.6. The smallest absolute Gasteiger partial charge is 0.274 e. The van der Waals surface area contributed by atoms with Crippen LogP contribution >= 0.6 is 0 Å². The normalized spacial score (nSPS) is 17.6. The van der Waals surface area contributed by atoms with Crippen LogP contribution in [0.15, 0.2) is 30.3 Å². The second-order valence-electron chi connectivity index (χ2n) is 6.66. The Kier molecular flexibility index (Phi) is 4.34. The van der Waals surface area contributed by atoms with Crippen LogP contribution in [0, 0.1) is 0 Å². The van der Waals surface area contributed by atoms with Crippen molar-refractivity contribution in [2.45, 2.75) is 25.7 Å². The number of amides is 1. The van der Waals surface area contributed by atoms with Crippen LogP contribution in [0.1, 0.15) is 41.9 Å². The Morgan fingerprint density at radius 1 is 1.24 bits per heavy atom. The molecule has 0 radical (unpaired) electrons. The summed E-state index contributed by atoms with van der Waals surface area (Å²) in [6.45, 7) is 5.65. The van der Waals surface area contributed by atoms with Gasteiger partial charge in [0.05, 0.1) is 12.3 Å². The summed E-state index contributed by atoms with van der Waals surface area (Å²) in [6, 6.07) is 10.0. The molecule has 1 N–H and O–H groups in total. The summed E-state index contributed by atoms with van der Waals surface area (Å²) in [7, 11) is 0. The van der Waals surface area contributed by atoms with E-state index in [1.807, 2.05) is 36.1 Å². The zero-order valence-electron chi connectivity index (χ0n) is 14.6. The summed E-state index contributed by atoms with van der Waals surface area (Å²) in [5.74, 6) is 1.52. The molecule has 0 atom stereocenters. The van der Waals surface area contributed by atoms with Crippen LogP contribution in [0.4, 0.5) is 5.69 Å². The molecule has 2 aromatic rings. The predicted molar refractivity (Wildman–Crippen MR) is 96.3 cm³/mol. The van der Waals surface area contributed by atoms with Crippen molar-refractivity contribution in [2.75, 3.05) is 37.7 Å². The minimum Gasteiger partial charge on any atom is -0.492 e. The van der Waals surface area contributed by atoms with Crippen molar-refractivity contribution in [3.63, 3.8) is 0 Å². The van der Waals surface area contributed by atoms with Gasteiger partial charge < -0.3 is 14.5 Å². The van der Waals surface area contributed by atoms with Gasteiger partial charge in [-0.25, -0.2) is 0 Å². The van der Waals surface area contributed by atoms with E-state index in [-0.39, 0.29) is 5.91 Å². The molecule has 1 aliphatic carbocycles. The number of ether oxygens (including phenoxy) is 1. The summed E-state index contributed by atoms with van der Waals surface area (Å²) in [5.41, 5.74) is 2.75. The Hall–Kier alpha value is -2.50. The van der Waals surface area contributed by atoms with E-state index in [2.05, 4.69) is 21.2 Å². The van der Waals surface area contributed by atoms with Crippen molar-refractivity contribution in [1.29, 1.82) is 0 Å². The fourth-order valence-corrected chi connectivity index (χ4v) is 3.36. The lowest BCUT2D eigenvalue weighted by Gasteiger charge is -2.36. The van der Waals surface area contributed by atoms with Crippen molar-refractivity contribution in [1.82, 2.24) is 15.1 Å². The second-order valence-corrected chi connectivity index (χ2v) is 6.66. The molecule has 6 heteroatoms. The van der Waals surface area contributed by atoms with Crippen molar-refractivity contribution >= 4 is 11.6 Å². The molecular weight excluding hydrogens is 316 g/mol. The summed E-state index contributed by atoms with van der Waals surface area (Å²) < 4.78 is 5.73. The Balaban J connectivity index is 1.40. The number of carbonyl (C=O) groups is 1. The second kappa shape index (κ2) is 6.78. The minimum absolute atomic E-state index is 0.0286. The van der Waals surface area contributed by atoms with Gasteiger partial charge in [0.25, 0.3) is 5.91 Å². The van der Waals surface area contributed by atoms with Gasteiger partial charge >= 0.3 is 0 Å². The molecule has 1 saturated carbocycles. The number of hydrogen-bond acceptors (Lipinski definition) is 4. The maximum Gasteiger partial charge on any atom is 0.274 e. The highest BCUT2D eigenvalue weighted by atomic mass is 16.5. The van der Waals surface area contributed by atoms with Gasteiger partial charge in [-0.1, -0.05) is 12.1 Å². The van der Waals surface area contributed by atoms with Crippen molar-refractivity contribution in [2.24, 2.45) is 0 Å². The number of rotatable bonds is 5. The summed E-state index contributed by atoms with van der Waals surface area (Å²) in [6.07, 6.45) is 2.40. The Morgan fingerprint density at radius 3 is 2.72 bits per heavy atom. The van der Waals surface area contributed by atoms with E-state index in [4.69, 9.17) is 4.74 Å². The van der Waals surface area contributed by atoms with Gasteiger partial charge in [0.15, 0.2) is 0 Å². The lowest BCUT2D eigenvalue weighted by Crippen LogP contribution is -2.49. The first-order valence-corrected chi connectivity index (χ1v) is 9.07. The standard InChI is InChI=1S/C19H24N4O2/c1-2-25-18-6-4-3-5-17(18)22-9-11-23(12-10-22)19(24)16-13-15(20-21-16)14-7-8-14/h3-6,13-14H,2,7-12H2,1H3,(H,20,21). The number of nitrogens with zero attached hydrogens (tertiary/aromatic N) is 3. The molecule has 0 bridgehead atoms. The first kappa shape index (κ1) is 16.0. The minimum atomic E-state index is 0.0286. The highest BCUT2D eigenvalue weighted by Crippen LogP contribution is 2.39. The van der Waals surface area contributed by atoms with Crippen molar-refractivity contribution in [3.05, 3.63) is 41.7 Å². The van der Waals surface area contributed by atoms with Gasteiger partial charge in [0.1, 0.15) is 11.4 Å². The molecule has 132 valence electrons. The van der Waals surface area contributed by atoms with E-state index in [1.54, 1.807) is 0 Å². The quantitative estimate of drug-likeness (QED) is 0.909. The third kappa shape index (κ3) is 3.34. The Labute approximate surface area is 147 Å². The number of H-pyrrole nitrogens is 1. The molecule has 2 heterocycles.